The van der Waals surface area contributed by atoms with Crippen LogP contribution in [-0.2, 0) is 13.0 Å². The summed E-state index contributed by atoms with van der Waals surface area (Å²) in [5.41, 5.74) is 10.6. The third-order valence-corrected chi connectivity index (χ3v) is 3.97. The molecule has 0 aliphatic carbocycles. The number of unbranched alkanes of at least 4 members (excludes halogenated alkanes) is 1. The Balaban J connectivity index is 2.09. The summed E-state index contributed by atoms with van der Waals surface area (Å²) in [7, 11) is 0. The molecule has 0 atom stereocenters. The van der Waals surface area contributed by atoms with Crippen molar-refractivity contribution in [2.75, 3.05) is 5.73 Å². The maximum atomic E-state index is 5.99. The van der Waals surface area contributed by atoms with E-state index in [0.29, 0.717) is 5.69 Å². The van der Waals surface area contributed by atoms with Crippen molar-refractivity contribution in [2.45, 2.75) is 39.7 Å². The molecule has 1 aromatic carbocycles. The number of pyridine rings is 1. The first-order valence-corrected chi connectivity index (χ1v) is 7.85. The van der Waals surface area contributed by atoms with Crippen LogP contribution in [0.2, 0.25) is 0 Å². The fourth-order valence-corrected chi connectivity index (χ4v) is 2.66. The summed E-state index contributed by atoms with van der Waals surface area (Å²) >= 11 is 0. The number of imidazole rings is 1. The maximum Gasteiger partial charge on any atom is 0.160 e. The van der Waals surface area contributed by atoms with Crippen molar-refractivity contribution in [3.8, 4) is 0 Å². The molecule has 0 amide bonds. The van der Waals surface area contributed by atoms with E-state index >= 15 is 0 Å². The van der Waals surface area contributed by atoms with Crippen LogP contribution in [0, 0.1) is 6.92 Å². The highest BCUT2D eigenvalue weighted by molar-refractivity contribution is 5.76. The van der Waals surface area contributed by atoms with Crippen LogP contribution >= 0.6 is 0 Å². The van der Waals surface area contributed by atoms with Gasteiger partial charge in [-0.05, 0) is 25.0 Å². The molecule has 0 aliphatic rings. The lowest BCUT2D eigenvalue weighted by atomic mass is 10.2. The van der Waals surface area contributed by atoms with E-state index in [-0.39, 0.29) is 0 Å². The predicted octanol–water partition coefficient (Wildman–Crippen LogP) is 3.71. The van der Waals surface area contributed by atoms with E-state index in [9.17, 15) is 0 Å². The van der Waals surface area contributed by atoms with Crippen LogP contribution in [0.15, 0.2) is 36.4 Å². The van der Waals surface area contributed by atoms with E-state index in [1.807, 2.05) is 19.1 Å². The monoisotopic (exact) mass is 294 g/mol. The molecular formula is C18H22N4. The minimum absolute atomic E-state index is 0.707. The standard InChI is InChI=1S/C18H22N4/c1-3-4-10-17-21-16-11-15(19)13(2)20-18(16)22(17)12-14-8-6-5-7-9-14/h5-9,11H,3-4,10,12,19H2,1-2H3. The van der Waals surface area contributed by atoms with Crippen molar-refractivity contribution in [1.82, 2.24) is 14.5 Å². The van der Waals surface area contributed by atoms with E-state index in [0.717, 1.165) is 48.5 Å². The summed E-state index contributed by atoms with van der Waals surface area (Å²) in [6.45, 7) is 4.94. The van der Waals surface area contributed by atoms with E-state index in [4.69, 9.17) is 10.7 Å². The van der Waals surface area contributed by atoms with Crippen molar-refractivity contribution in [3.63, 3.8) is 0 Å². The van der Waals surface area contributed by atoms with Crippen molar-refractivity contribution in [1.29, 1.82) is 0 Å². The smallest absolute Gasteiger partial charge is 0.160 e. The van der Waals surface area contributed by atoms with E-state index in [1.54, 1.807) is 0 Å². The van der Waals surface area contributed by atoms with Gasteiger partial charge >= 0.3 is 0 Å². The van der Waals surface area contributed by atoms with Gasteiger partial charge in [0, 0.05) is 6.42 Å². The van der Waals surface area contributed by atoms with Crippen molar-refractivity contribution >= 4 is 16.9 Å². The largest absolute Gasteiger partial charge is 0.397 e. The molecule has 4 heteroatoms. The quantitative estimate of drug-likeness (QED) is 0.780. The second-order valence-corrected chi connectivity index (χ2v) is 5.71. The Morgan fingerprint density at radius 1 is 1.14 bits per heavy atom. The molecule has 22 heavy (non-hydrogen) atoms. The van der Waals surface area contributed by atoms with Gasteiger partial charge in [0.2, 0.25) is 0 Å². The Bertz CT molecular complexity index is 775. The summed E-state index contributed by atoms with van der Waals surface area (Å²) in [5, 5.41) is 0. The van der Waals surface area contributed by atoms with Gasteiger partial charge in [0.15, 0.2) is 5.65 Å². The molecule has 0 aliphatic heterocycles. The van der Waals surface area contributed by atoms with Gasteiger partial charge in [-0.1, -0.05) is 43.7 Å². The number of aromatic nitrogens is 3. The normalized spacial score (nSPS) is 11.2. The molecule has 4 nitrogen and oxygen atoms in total. The minimum Gasteiger partial charge on any atom is -0.397 e. The number of anilines is 1. The summed E-state index contributed by atoms with van der Waals surface area (Å²) in [6.07, 6.45) is 3.26. The number of hydrogen-bond acceptors (Lipinski definition) is 3. The van der Waals surface area contributed by atoms with Crippen molar-refractivity contribution < 1.29 is 0 Å². The predicted molar refractivity (Wildman–Crippen MR) is 90.8 cm³/mol. The average Bonchev–Trinajstić information content (AvgIpc) is 2.84. The summed E-state index contributed by atoms with van der Waals surface area (Å²) in [5.74, 6) is 1.10. The van der Waals surface area contributed by atoms with Gasteiger partial charge in [-0.15, -0.1) is 0 Å². The second-order valence-electron chi connectivity index (χ2n) is 5.71. The molecule has 0 radical (unpaired) electrons. The van der Waals surface area contributed by atoms with Crippen molar-refractivity contribution in [3.05, 3.63) is 53.5 Å². The van der Waals surface area contributed by atoms with Crippen LogP contribution < -0.4 is 5.73 Å². The Labute approximate surface area is 131 Å². The summed E-state index contributed by atoms with van der Waals surface area (Å²) < 4.78 is 2.23. The zero-order valence-corrected chi connectivity index (χ0v) is 13.2. The molecule has 3 rings (SSSR count). The Morgan fingerprint density at radius 2 is 1.91 bits per heavy atom. The zero-order valence-electron chi connectivity index (χ0n) is 13.2. The highest BCUT2D eigenvalue weighted by Crippen LogP contribution is 2.21. The van der Waals surface area contributed by atoms with Gasteiger partial charge in [-0.2, -0.15) is 0 Å². The van der Waals surface area contributed by atoms with E-state index in [2.05, 4.69) is 40.7 Å². The van der Waals surface area contributed by atoms with Gasteiger partial charge in [0.1, 0.15) is 11.3 Å². The molecular weight excluding hydrogens is 272 g/mol. The first-order valence-electron chi connectivity index (χ1n) is 7.85. The van der Waals surface area contributed by atoms with E-state index in [1.165, 1.54) is 5.56 Å². The highest BCUT2D eigenvalue weighted by atomic mass is 15.1. The number of nitrogens with zero attached hydrogens (tertiary/aromatic N) is 3. The number of nitrogen functional groups attached to an aromatic ring is 1. The van der Waals surface area contributed by atoms with Gasteiger partial charge in [-0.3, -0.25) is 0 Å². The van der Waals surface area contributed by atoms with Crippen molar-refractivity contribution in [2.24, 2.45) is 0 Å². The van der Waals surface area contributed by atoms with Gasteiger partial charge < -0.3 is 10.3 Å². The lowest BCUT2D eigenvalue weighted by molar-refractivity contribution is 0.686. The number of fused-ring (bicyclic) bond motifs is 1. The first-order chi connectivity index (χ1) is 10.7. The van der Waals surface area contributed by atoms with Gasteiger partial charge in [-0.25, -0.2) is 9.97 Å². The highest BCUT2D eigenvalue weighted by Gasteiger charge is 2.13. The molecule has 0 spiro atoms. The van der Waals surface area contributed by atoms with Crippen LogP contribution in [0.5, 0.6) is 0 Å². The molecule has 0 saturated carbocycles. The lowest BCUT2D eigenvalue weighted by Crippen LogP contribution is -2.06. The van der Waals surface area contributed by atoms with Crippen LogP contribution in [0.3, 0.4) is 0 Å². The zero-order chi connectivity index (χ0) is 15.5. The number of nitrogens with two attached hydrogens (primary N) is 1. The SMILES string of the molecule is CCCCc1nc2cc(N)c(C)nc2n1Cc1ccccc1. The first kappa shape index (κ1) is 14.6. The molecule has 2 aromatic heterocycles. The van der Waals surface area contributed by atoms with E-state index < -0.39 is 0 Å². The van der Waals surface area contributed by atoms with Gasteiger partial charge in [0.05, 0.1) is 17.9 Å². The fourth-order valence-electron chi connectivity index (χ4n) is 2.66. The number of aryl methyl sites for hydroxylation is 2. The fraction of sp³-hybridized carbons (Fsp3) is 0.333. The maximum absolute atomic E-state index is 5.99. The lowest BCUT2D eigenvalue weighted by Gasteiger charge is -2.09. The summed E-state index contributed by atoms with van der Waals surface area (Å²) in [4.78, 5) is 9.44. The minimum atomic E-state index is 0.707. The van der Waals surface area contributed by atoms with Crippen LogP contribution in [-0.4, -0.2) is 14.5 Å². The number of rotatable bonds is 5. The van der Waals surface area contributed by atoms with Crippen LogP contribution in [0.4, 0.5) is 5.69 Å². The summed E-state index contributed by atoms with van der Waals surface area (Å²) in [6, 6.07) is 12.4. The van der Waals surface area contributed by atoms with Gasteiger partial charge in [0.25, 0.3) is 0 Å². The number of hydrogen-bond donors (Lipinski definition) is 1. The third-order valence-electron chi connectivity index (χ3n) is 3.97. The molecule has 0 saturated heterocycles. The number of benzene rings is 1. The Morgan fingerprint density at radius 3 is 2.64 bits per heavy atom. The Hall–Kier alpha value is -2.36. The molecule has 0 unspecified atom stereocenters. The van der Waals surface area contributed by atoms with Crippen LogP contribution in [0.25, 0.3) is 11.2 Å². The molecule has 2 heterocycles. The van der Waals surface area contributed by atoms with Crippen LogP contribution in [0.1, 0.15) is 36.8 Å². The third kappa shape index (κ3) is 2.82. The molecule has 0 fully saturated rings. The molecule has 114 valence electrons. The Kier molecular flexibility index (Phi) is 4.09. The molecule has 3 aromatic rings. The molecule has 0 bridgehead atoms. The average molecular weight is 294 g/mol. The molecule has 2 N–H and O–H groups in total. The topological polar surface area (TPSA) is 56.7 Å². The second kappa shape index (κ2) is 6.18.